The molecule has 0 fully saturated rings. The lowest BCUT2D eigenvalue weighted by molar-refractivity contribution is 0.0850. The van der Waals surface area contributed by atoms with Crippen molar-refractivity contribution in [3.8, 4) is 0 Å². The van der Waals surface area contributed by atoms with Gasteiger partial charge in [-0.15, -0.1) is 0 Å². The second kappa shape index (κ2) is 7.08. The second-order valence-electron chi connectivity index (χ2n) is 5.90. The van der Waals surface area contributed by atoms with Crippen LogP contribution in [0.2, 0.25) is 0 Å². The molecule has 0 spiro atoms. The quantitative estimate of drug-likeness (QED) is 0.706. The number of ether oxygens (including phenoxy) is 1. The van der Waals surface area contributed by atoms with E-state index in [0.717, 1.165) is 18.4 Å². The van der Waals surface area contributed by atoms with Crippen molar-refractivity contribution in [1.29, 1.82) is 0 Å². The van der Waals surface area contributed by atoms with E-state index in [1.165, 1.54) is 12.5 Å². The van der Waals surface area contributed by atoms with E-state index in [4.69, 9.17) is 4.74 Å². The maximum absolute atomic E-state index is 14.6. The molecule has 3 heteroatoms. The van der Waals surface area contributed by atoms with Gasteiger partial charge in [0.2, 0.25) is 0 Å². The molecule has 0 aliphatic heterocycles. The zero-order chi connectivity index (χ0) is 16.2. The summed E-state index contributed by atoms with van der Waals surface area (Å²) in [6.45, 7) is 5.67. The third kappa shape index (κ3) is 3.76. The highest BCUT2D eigenvalue weighted by Gasteiger charge is 2.36. The fourth-order valence-corrected chi connectivity index (χ4v) is 2.77. The van der Waals surface area contributed by atoms with Crippen molar-refractivity contribution >= 4 is 5.57 Å². The summed E-state index contributed by atoms with van der Waals surface area (Å²) in [5.41, 5.74) is 0.770. The molecule has 1 nitrogen and oxygen atoms in total. The van der Waals surface area contributed by atoms with Crippen LogP contribution in [0.15, 0.2) is 42.2 Å². The summed E-state index contributed by atoms with van der Waals surface area (Å²) in [5.74, 6) is 0.204. The largest absolute Gasteiger partial charge is 0.495 e. The molecular weight excluding hydrogens is 282 g/mol. The van der Waals surface area contributed by atoms with Crippen LogP contribution in [-0.2, 0) is 11.2 Å². The van der Waals surface area contributed by atoms with E-state index in [1.807, 2.05) is 24.3 Å². The Balaban J connectivity index is 2.29. The number of halogens is 2. The highest BCUT2D eigenvalue weighted by atomic mass is 19.2. The van der Waals surface area contributed by atoms with Gasteiger partial charge in [-0.1, -0.05) is 43.7 Å². The lowest BCUT2D eigenvalue weighted by Gasteiger charge is -2.24. The van der Waals surface area contributed by atoms with Crippen LogP contribution in [-0.4, -0.2) is 18.4 Å². The summed E-state index contributed by atoms with van der Waals surface area (Å²) in [5, 5.41) is 0. The molecule has 0 saturated heterocycles. The van der Waals surface area contributed by atoms with E-state index in [0.29, 0.717) is 12.2 Å². The number of alkyl halides is 2. The predicted molar refractivity (Wildman–Crippen MR) is 87.1 cm³/mol. The smallest absolute Gasteiger partial charge is 0.167 e. The molecule has 0 radical (unpaired) electrons. The van der Waals surface area contributed by atoms with Crippen LogP contribution in [0.5, 0.6) is 0 Å². The lowest BCUT2D eigenvalue weighted by atomic mass is 9.93. The molecule has 2 atom stereocenters. The number of aryl methyl sites for hydroxylation is 1. The normalized spacial score (nSPS) is 25.2. The molecule has 0 amide bonds. The van der Waals surface area contributed by atoms with Crippen LogP contribution in [0.4, 0.5) is 8.78 Å². The first-order chi connectivity index (χ1) is 10.5. The molecule has 0 aromatic heterocycles. The summed E-state index contributed by atoms with van der Waals surface area (Å²) >= 11 is 0. The molecule has 2 rings (SSSR count). The minimum atomic E-state index is -1.78. The maximum Gasteiger partial charge on any atom is 0.167 e. The molecule has 0 N–H and O–H groups in total. The lowest BCUT2D eigenvalue weighted by Crippen LogP contribution is -2.26. The Kier molecular flexibility index (Phi) is 5.38. The molecule has 1 aromatic rings. The van der Waals surface area contributed by atoms with Gasteiger partial charge in [-0.3, -0.25) is 0 Å². The van der Waals surface area contributed by atoms with Crippen LogP contribution in [0.3, 0.4) is 0 Å². The van der Waals surface area contributed by atoms with E-state index in [9.17, 15) is 8.78 Å². The summed E-state index contributed by atoms with van der Waals surface area (Å²) in [6.07, 6.45) is 3.74. The standard InChI is InChI=1S/C19H24F2O/c1-4-6-14-7-9-15(10-8-14)16-11-12-18(22-5-2)19(3,21)13-17(16)20/h7-12,17H,4-6,13H2,1-3H3. The van der Waals surface area contributed by atoms with Crippen LogP contribution < -0.4 is 0 Å². The molecule has 120 valence electrons. The van der Waals surface area contributed by atoms with Crippen molar-refractivity contribution in [3.05, 3.63) is 53.3 Å². The third-order valence-electron chi connectivity index (χ3n) is 3.95. The summed E-state index contributed by atoms with van der Waals surface area (Å²) < 4.78 is 34.5. The monoisotopic (exact) mass is 306 g/mol. The molecule has 22 heavy (non-hydrogen) atoms. The molecule has 1 aliphatic rings. The van der Waals surface area contributed by atoms with Gasteiger partial charge in [0.25, 0.3) is 0 Å². The Morgan fingerprint density at radius 3 is 2.45 bits per heavy atom. The Bertz CT molecular complexity index is 555. The van der Waals surface area contributed by atoms with Gasteiger partial charge >= 0.3 is 0 Å². The van der Waals surface area contributed by atoms with Crippen molar-refractivity contribution in [1.82, 2.24) is 0 Å². The van der Waals surface area contributed by atoms with Gasteiger partial charge in [0.05, 0.1) is 6.61 Å². The fraction of sp³-hybridized carbons (Fsp3) is 0.474. The average molecular weight is 306 g/mol. The molecule has 1 aromatic carbocycles. The number of allylic oxidation sites excluding steroid dienone is 4. The van der Waals surface area contributed by atoms with Gasteiger partial charge in [0.1, 0.15) is 11.9 Å². The number of benzene rings is 1. The van der Waals surface area contributed by atoms with E-state index in [1.54, 1.807) is 19.1 Å². The first-order valence-electron chi connectivity index (χ1n) is 7.95. The van der Waals surface area contributed by atoms with Gasteiger partial charge < -0.3 is 4.74 Å². The van der Waals surface area contributed by atoms with Crippen molar-refractivity contribution in [3.63, 3.8) is 0 Å². The molecule has 0 saturated carbocycles. The number of hydrogen-bond donors (Lipinski definition) is 0. The van der Waals surface area contributed by atoms with Crippen molar-refractivity contribution in [2.24, 2.45) is 0 Å². The van der Waals surface area contributed by atoms with Crippen LogP contribution in [0, 0.1) is 0 Å². The zero-order valence-electron chi connectivity index (χ0n) is 13.5. The van der Waals surface area contributed by atoms with E-state index in [-0.39, 0.29) is 12.2 Å². The highest BCUT2D eigenvalue weighted by Crippen LogP contribution is 2.37. The zero-order valence-corrected chi connectivity index (χ0v) is 13.5. The fourth-order valence-electron chi connectivity index (χ4n) is 2.77. The third-order valence-corrected chi connectivity index (χ3v) is 3.95. The van der Waals surface area contributed by atoms with Crippen LogP contribution in [0.1, 0.15) is 44.7 Å². The van der Waals surface area contributed by atoms with Crippen molar-refractivity contribution in [2.45, 2.75) is 51.9 Å². The molecule has 0 heterocycles. The minimum absolute atomic E-state index is 0.204. The predicted octanol–water partition coefficient (Wildman–Crippen LogP) is 5.41. The maximum atomic E-state index is 14.6. The molecule has 1 aliphatic carbocycles. The second-order valence-corrected chi connectivity index (χ2v) is 5.90. The summed E-state index contributed by atoms with van der Waals surface area (Å²) in [6, 6.07) is 7.86. The summed E-state index contributed by atoms with van der Waals surface area (Å²) in [7, 11) is 0. The van der Waals surface area contributed by atoms with Crippen molar-refractivity contribution in [2.75, 3.05) is 6.61 Å². The minimum Gasteiger partial charge on any atom is -0.495 e. The van der Waals surface area contributed by atoms with E-state index in [2.05, 4.69) is 6.92 Å². The Labute approximate surface area is 131 Å². The topological polar surface area (TPSA) is 9.23 Å². The molecular formula is C19H24F2O. The Hall–Kier alpha value is -1.64. The molecule has 2 unspecified atom stereocenters. The van der Waals surface area contributed by atoms with Gasteiger partial charge in [-0.25, -0.2) is 8.78 Å². The summed E-state index contributed by atoms with van der Waals surface area (Å²) in [4.78, 5) is 0. The highest BCUT2D eigenvalue weighted by molar-refractivity contribution is 5.71. The van der Waals surface area contributed by atoms with E-state index < -0.39 is 11.8 Å². The van der Waals surface area contributed by atoms with Crippen LogP contribution in [0.25, 0.3) is 5.57 Å². The average Bonchev–Trinajstić information content (AvgIpc) is 2.57. The van der Waals surface area contributed by atoms with Gasteiger partial charge in [-0.05, 0) is 43.0 Å². The first-order valence-corrected chi connectivity index (χ1v) is 7.95. The van der Waals surface area contributed by atoms with Gasteiger partial charge in [-0.2, -0.15) is 0 Å². The first kappa shape index (κ1) is 16.7. The van der Waals surface area contributed by atoms with E-state index >= 15 is 0 Å². The Morgan fingerprint density at radius 1 is 1.18 bits per heavy atom. The van der Waals surface area contributed by atoms with Crippen molar-refractivity contribution < 1.29 is 13.5 Å². The Morgan fingerprint density at radius 2 is 1.86 bits per heavy atom. The van der Waals surface area contributed by atoms with Gasteiger partial charge in [0.15, 0.2) is 5.67 Å². The van der Waals surface area contributed by atoms with Crippen LogP contribution >= 0.6 is 0 Å². The number of rotatable bonds is 5. The number of hydrogen-bond acceptors (Lipinski definition) is 1. The SMILES string of the molecule is CCCc1ccc(C2=CC=C(OCC)C(C)(F)CC2F)cc1. The molecule has 0 bridgehead atoms. The van der Waals surface area contributed by atoms with Gasteiger partial charge in [0, 0.05) is 6.42 Å².